The minimum Gasteiger partial charge on any atom is -0.352 e. The Morgan fingerprint density at radius 3 is 2.67 bits per heavy atom. The predicted molar refractivity (Wildman–Crippen MR) is 75.8 cm³/mol. The normalized spacial score (nSPS) is 34.3. The van der Waals surface area contributed by atoms with Crippen LogP contribution in [0.5, 0.6) is 0 Å². The van der Waals surface area contributed by atoms with E-state index < -0.39 is 0 Å². The molecule has 2 aliphatic rings. The van der Waals surface area contributed by atoms with E-state index >= 15 is 0 Å². The van der Waals surface area contributed by atoms with E-state index in [1.807, 2.05) is 18.2 Å². The first-order valence-electron chi connectivity index (χ1n) is 6.75. The molecule has 0 aromatic heterocycles. The Morgan fingerprint density at radius 1 is 1.22 bits per heavy atom. The first-order chi connectivity index (χ1) is 8.75. The van der Waals surface area contributed by atoms with Crippen molar-refractivity contribution in [1.82, 2.24) is 5.32 Å². The summed E-state index contributed by atoms with van der Waals surface area (Å²) in [6.45, 7) is 0. The van der Waals surface area contributed by atoms with E-state index in [2.05, 4.69) is 33.4 Å². The summed E-state index contributed by atoms with van der Waals surface area (Å²) in [6, 6.07) is 10.7. The Bertz CT molecular complexity index is 433. The van der Waals surface area contributed by atoms with E-state index in [1.54, 1.807) is 0 Å². The van der Waals surface area contributed by atoms with Crippen molar-refractivity contribution in [1.29, 1.82) is 0 Å². The summed E-state index contributed by atoms with van der Waals surface area (Å²) >= 11 is 3.65. The molecule has 0 aliphatic heterocycles. The van der Waals surface area contributed by atoms with Crippen LogP contribution in [0.4, 0.5) is 0 Å². The number of carbonyl (C=O) groups is 1. The van der Waals surface area contributed by atoms with Crippen molar-refractivity contribution in [3.8, 4) is 0 Å². The van der Waals surface area contributed by atoms with Gasteiger partial charge >= 0.3 is 0 Å². The zero-order chi connectivity index (χ0) is 12.5. The van der Waals surface area contributed by atoms with Gasteiger partial charge in [-0.1, -0.05) is 52.7 Å². The van der Waals surface area contributed by atoms with E-state index in [0.717, 1.165) is 12.8 Å². The second kappa shape index (κ2) is 5.04. The van der Waals surface area contributed by atoms with Gasteiger partial charge in [0.05, 0.1) is 0 Å². The highest BCUT2D eigenvalue weighted by Gasteiger charge is 2.44. The van der Waals surface area contributed by atoms with Gasteiger partial charge in [-0.25, -0.2) is 0 Å². The number of amides is 1. The number of carbonyl (C=O) groups excluding carboxylic acids is 1. The first-order valence-corrected chi connectivity index (χ1v) is 7.66. The van der Waals surface area contributed by atoms with Crippen LogP contribution in [0.15, 0.2) is 30.3 Å². The second-order valence-electron chi connectivity index (χ2n) is 5.42. The van der Waals surface area contributed by atoms with Crippen LogP contribution in [0.1, 0.15) is 37.2 Å². The molecule has 2 aliphatic carbocycles. The molecule has 4 unspecified atom stereocenters. The molecule has 18 heavy (non-hydrogen) atoms. The molecule has 1 aromatic rings. The fourth-order valence-electron chi connectivity index (χ4n) is 2.92. The van der Waals surface area contributed by atoms with Crippen LogP contribution in [0.2, 0.25) is 0 Å². The Labute approximate surface area is 116 Å². The topological polar surface area (TPSA) is 29.1 Å². The zero-order valence-corrected chi connectivity index (χ0v) is 11.9. The molecule has 0 spiro atoms. The smallest absolute Gasteiger partial charge is 0.224 e. The molecule has 0 heterocycles. The van der Waals surface area contributed by atoms with Crippen LogP contribution >= 0.6 is 15.9 Å². The molecule has 1 amide bonds. The number of alkyl halides is 1. The highest BCUT2D eigenvalue weighted by atomic mass is 79.9. The molecule has 4 atom stereocenters. The van der Waals surface area contributed by atoms with Crippen molar-refractivity contribution >= 4 is 21.8 Å². The van der Waals surface area contributed by atoms with Crippen molar-refractivity contribution in [2.75, 3.05) is 0 Å². The van der Waals surface area contributed by atoms with Crippen LogP contribution < -0.4 is 5.32 Å². The van der Waals surface area contributed by atoms with Crippen molar-refractivity contribution in [2.24, 2.45) is 5.92 Å². The summed E-state index contributed by atoms with van der Waals surface area (Å²) in [5.41, 5.74) is 1.31. The van der Waals surface area contributed by atoms with Crippen LogP contribution in [0.25, 0.3) is 0 Å². The third kappa shape index (κ3) is 2.46. The molecule has 3 rings (SSSR count). The number of benzene rings is 1. The number of hydrogen-bond donors (Lipinski definition) is 1. The molecular formula is C15H18BrNO. The maximum Gasteiger partial charge on any atom is 0.224 e. The van der Waals surface area contributed by atoms with Crippen molar-refractivity contribution in [2.45, 2.75) is 42.5 Å². The molecule has 2 nitrogen and oxygen atoms in total. The van der Waals surface area contributed by atoms with Gasteiger partial charge in [0.25, 0.3) is 0 Å². The van der Waals surface area contributed by atoms with Gasteiger partial charge in [0.2, 0.25) is 5.91 Å². The lowest BCUT2D eigenvalue weighted by Crippen LogP contribution is -2.38. The van der Waals surface area contributed by atoms with E-state index in [4.69, 9.17) is 0 Å². The average Bonchev–Trinajstić information content (AvgIpc) is 3.10. The van der Waals surface area contributed by atoms with E-state index in [1.165, 1.54) is 18.4 Å². The van der Waals surface area contributed by atoms with Crippen LogP contribution in [-0.2, 0) is 4.79 Å². The molecule has 3 heteroatoms. The second-order valence-corrected chi connectivity index (χ2v) is 6.60. The number of hydrogen-bond acceptors (Lipinski definition) is 1. The van der Waals surface area contributed by atoms with E-state index in [-0.39, 0.29) is 11.8 Å². The van der Waals surface area contributed by atoms with Gasteiger partial charge in [-0.15, -0.1) is 0 Å². The zero-order valence-electron chi connectivity index (χ0n) is 10.3. The highest BCUT2D eigenvalue weighted by Crippen LogP contribution is 2.47. The molecule has 2 fully saturated rings. The highest BCUT2D eigenvalue weighted by molar-refractivity contribution is 9.09. The third-order valence-corrected chi connectivity index (χ3v) is 5.21. The summed E-state index contributed by atoms with van der Waals surface area (Å²) in [6.07, 6.45) is 4.52. The van der Waals surface area contributed by atoms with Gasteiger partial charge in [0.15, 0.2) is 0 Å². The first kappa shape index (κ1) is 12.2. The third-order valence-electron chi connectivity index (χ3n) is 4.11. The lowest BCUT2D eigenvalue weighted by atomic mass is 10.1. The molecule has 0 bridgehead atoms. The number of halogens is 1. The lowest BCUT2D eigenvalue weighted by molar-refractivity contribution is -0.123. The van der Waals surface area contributed by atoms with Gasteiger partial charge in [0, 0.05) is 16.8 Å². The summed E-state index contributed by atoms with van der Waals surface area (Å²) in [5, 5.41) is 3.20. The Morgan fingerprint density at radius 2 is 2.00 bits per heavy atom. The van der Waals surface area contributed by atoms with Crippen LogP contribution in [-0.4, -0.2) is 16.8 Å². The number of nitrogens with one attached hydrogen (secondary N) is 1. The summed E-state index contributed by atoms with van der Waals surface area (Å²) in [7, 11) is 0. The maximum atomic E-state index is 12.2. The SMILES string of the molecule is O=C(NC1CCCC1Br)C1CC1c1ccccc1. The molecular weight excluding hydrogens is 290 g/mol. The Hall–Kier alpha value is -0.830. The monoisotopic (exact) mass is 307 g/mol. The number of rotatable bonds is 3. The van der Waals surface area contributed by atoms with Gasteiger partial charge in [-0.2, -0.15) is 0 Å². The van der Waals surface area contributed by atoms with Crippen molar-refractivity contribution < 1.29 is 4.79 Å². The standard InChI is InChI=1S/C15H18BrNO/c16-13-7-4-8-14(13)17-15(18)12-9-11(12)10-5-2-1-3-6-10/h1-3,5-6,11-14H,4,7-9H2,(H,17,18). The minimum absolute atomic E-state index is 0.202. The van der Waals surface area contributed by atoms with Crippen LogP contribution in [0, 0.1) is 5.92 Å². The molecule has 0 radical (unpaired) electrons. The largest absolute Gasteiger partial charge is 0.352 e. The average molecular weight is 308 g/mol. The summed E-state index contributed by atoms with van der Waals surface area (Å²) in [4.78, 5) is 12.6. The summed E-state index contributed by atoms with van der Waals surface area (Å²) in [5.74, 6) is 0.897. The van der Waals surface area contributed by atoms with Gasteiger partial charge in [-0.3, -0.25) is 4.79 Å². The van der Waals surface area contributed by atoms with Crippen LogP contribution in [0.3, 0.4) is 0 Å². The fourth-order valence-corrected chi connectivity index (χ4v) is 3.64. The fraction of sp³-hybridized carbons (Fsp3) is 0.533. The van der Waals surface area contributed by atoms with E-state index in [9.17, 15) is 4.79 Å². The Kier molecular flexibility index (Phi) is 3.42. The van der Waals surface area contributed by atoms with Crippen molar-refractivity contribution in [3.63, 3.8) is 0 Å². The maximum absolute atomic E-state index is 12.2. The van der Waals surface area contributed by atoms with Gasteiger partial charge in [-0.05, 0) is 30.7 Å². The molecule has 0 saturated heterocycles. The Balaban J connectivity index is 1.56. The quantitative estimate of drug-likeness (QED) is 0.854. The van der Waals surface area contributed by atoms with Crippen molar-refractivity contribution in [3.05, 3.63) is 35.9 Å². The van der Waals surface area contributed by atoms with Gasteiger partial charge < -0.3 is 5.32 Å². The molecule has 1 N–H and O–H groups in total. The lowest BCUT2D eigenvalue weighted by Gasteiger charge is -2.16. The van der Waals surface area contributed by atoms with Gasteiger partial charge in [0.1, 0.15) is 0 Å². The molecule has 96 valence electrons. The molecule has 1 aromatic carbocycles. The summed E-state index contributed by atoms with van der Waals surface area (Å²) < 4.78 is 0. The molecule has 2 saturated carbocycles. The predicted octanol–water partition coefficient (Wildman–Crippen LogP) is 3.22. The van der Waals surface area contributed by atoms with E-state index in [0.29, 0.717) is 16.8 Å². The minimum atomic E-state index is 0.202.